The lowest BCUT2D eigenvalue weighted by atomic mass is 10.3. The molecule has 0 fully saturated rings. The van der Waals surface area contributed by atoms with E-state index < -0.39 is 15.8 Å². The van der Waals surface area contributed by atoms with Gasteiger partial charge in [0, 0.05) is 0 Å². The highest BCUT2D eigenvalue weighted by Gasteiger charge is 2.17. The van der Waals surface area contributed by atoms with Gasteiger partial charge in [0.25, 0.3) is 10.0 Å². The van der Waals surface area contributed by atoms with Crippen LogP contribution in [0.25, 0.3) is 0 Å². The summed E-state index contributed by atoms with van der Waals surface area (Å²) in [6.07, 6.45) is 2.07. The Morgan fingerprint density at radius 3 is 2.42 bits per heavy atom. The highest BCUT2D eigenvalue weighted by atomic mass is 35.5. The first-order valence-electron chi connectivity index (χ1n) is 4.84. The van der Waals surface area contributed by atoms with Gasteiger partial charge in [0.05, 0.1) is 23.1 Å². The molecule has 0 spiro atoms. The number of hydrogen-bond donors (Lipinski definition) is 1. The third-order valence-electron chi connectivity index (χ3n) is 2.08. The van der Waals surface area contributed by atoms with E-state index in [1.54, 1.807) is 0 Å². The summed E-state index contributed by atoms with van der Waals surface area (Å²) < 4.78 is 39.1. The average molecular weight is 322 g/mol. The summed E-state index contributed by atoms with van der Waals surface area (Å²) in [5.41, 5.74) is -0.0726. The molecule has 1 aromatic heterocycles. The normalized spacial score (nSPS) is 11.3. The summed E-state index contributed by atoms with van der Waals surface area (Å²) in [6.45, 7) is 0. The molecule has 1 heterocycles. The van der Waals surface area contributed by atoms with E-state index in [0.29, 0.717) is 0 Å². The van der Waals surface area contributed by atoms with Gasteiger partial charge in [-0.05, 0) is 29.8 Å². The molecular weight excluding hydrogens is 316 g/mol. The molecule has 0 unspecified atom stereocenters. The van der Waals surface area contributed by atoms with E-state index in [-0.39, 0.29) is 20.9 Å². The maximum atomic E-state index is 13.0. The van der Waals surface area contributed by atoms with Gasteiger partial charge >= 0.3 is 0 Å². The molecule has 0 aliphatic rings. The van der Waals surface area contributed by atoms with E-state index in [1.165, 1.54) is 6.07 Å². The Hall–Kier alpha value is -1.44. The largest absolute Gasteiger partial charge is 0.278 e. The molecule has 0 aliphatic carbocycles. The number of benzene rings is 1. The van der Waals surface area contributed by atoms with Crippen LogP contribution in [0.15, 0.2) is 35.5 Å². The molecular formula is C10H6Cl2FN3O2S. The van der Waals surface area contributed by atoms with Gasteiger partial charge in [0.1, 0.15) is 10.7 Å². The van der Waals surface area contributed by atoms with Crippen LogP contribution in [0.4, 0.5) is 10.1 Å². The Morgan fingerprint density at radius 1 is 1.16 bits per heavy atom. The van der Waals surface area contributed by atoms with E-state index in [4.69, 9.17) is 23.2 Å². The third kappa shape index (κ3) is 3.31. The molecule has 0 saturated carbocycles. The van der Waals surface area contributed by atoms with Crippen molar-refractivity contribution in [3.05, 3.63) is 46.7 Å². The molecule has 0 atom stereocenters. The molecule has 0 aliphatic heterocycles. The number of nitrogens with zero attached hydrogens (tertiary/aromatic N) is 2. The van der Waals surface area contributed by atoms with Crippen LogP contribution in [0, 0.1) is 5.82 Å². The van der Waals surface area contributed by atoms with Crippen LogP contribution >= 0.6 is 23.2 Å². The minimum Gasteiger partial charge on any atom is -0.278 e. The van der Waals surface area contributed by atoms with Crippen LogP contribution in [-0.2, 0) is 10.0 Å². The molecule has 19 heavy (non-hydrogen) atoms. The number of rotatable bonds is 3. The summed E-state index contributed by atoms with van der Waals surface area (Å²) in [5, 5.41) is -0.0115. The highest BCUT2D eigenvalue weighted by Crippen LogP contribution is 2.25. The van der Waals surface area contributed by atoms with Crippen LogP contribution in [0.3, 0.4) is 0 Å². The number of anilines is 1. The Morgan fingerprint density at radius 2 is 1.79 bits per heavy atom. The lowest BCUT2D eigenvalue weighted by Gasteiger charge is -2.09. The molecule has 100 valence electrons. The molecule has 0 saturated heterocycles. The second kappa shape index (κ2) is 5.28. The maximum absolute atomic E-state index is 13.0. The van der Waals surface area contributed by atoms with Crippen molar-refractivity contribution in [1.82, 2.24) is 9.97 Å². The molecule has 1 N–H and O–H groups in total. The minimum absolute atomic E-state index is 0.0693. The van der Waals surface area contributed by atoms with E-state index in [2.05, 4.69) is 14.7 Å². The van der Waals surface area contributed by atoms with Crippen LogP contribution in [0.2, 0.25) is 10.3 Å². The van der Waals surface area contributed by atoms with Crippen molar-refractivity contribution in [1.29, 1.82) is 0 Å². The molecule has 9 heteroatoms. The van der Waals surface area contributed by atoms with Crippen molar-refractivity contribution in [2.45, 2.75) is 4.90 Å². The molecule has 0 radical (unpaired) electrons. The topological polar surface area (TPSA) is 72.0 Å². The lowest BCUT2D eigenvalue weighted by molar-refractivity contribution is 0.600. The quantitative estimate of drug-likeness (QED) is 0.882. The number of aromatic nitrogens is 2. The maximum Gasteiger partial charge on any atom is 0.265 e. The Bertz CT molecular complexity index is 707. The van der Waals surface area contributed by atoms with E-state index >= 15 is 0 Å². The zero-order valence-corrected chi connectivity index (χ0v) is 11.5. The fraction of sp³-hybridized carbons (Fsp3) is 0. The van der Waals surface area contributed by atoms with E-state index in [1.807, 2.05) is 0 Å². The summed E-state index contributed by atoms with van der Waals surface area (Å²) in [7, 11) is -3.95. The smallest absolute Gasteiger partial charge is 0.265 e. The zero-order valence-electron chi connectivity index (χ0n) is 9.14. The highest BCUT2D eigenvalue weighted by molar-refractivity contribution is 7.92. The minimum atomic E-state index is -3.95. The summed E-state index contributed by atoms with van der Waals surface area (Å²) >= 11 is 11.2. The van der Waals surface area contributed by atoms with E-state index in [0.717, 1.165) is 24.5 Å². The van der Waals surface area contributed by atoms with Crippen LogP contribution in [-0.4, -0.2) is 18.4 Å². The Balaban J connectivity index is 2.36. The van der Waals surface area contributed by atoms with Crippen molar-refractivity contribution in [2.75, 3.05) is 4.72 Å². The fourth-order valence-corrected chi connectivity index (χ4v) is 2.50. The van der Waals surface area contributed by atoms with Crippen LogP contribution in [0.1, 0.15) is 0 Å². The standard InChI is InChI=1S/C10H6Cl2FN3O2S/c11-8-2-1-6(13)3-9(8)16-19(17,18)7-4-14-10(12)15-5-7/h1-5,16H. The number of sulfonamides is 1. The van der Waals surface area contributed by atoms with Gasteiger partial charge in [-0.1, -0.05) is 11.6 Å². The van der Waals surface area contributed by atoms with Crippen molar-refractivity contribution in [3.63, 3.8) is 0 Å². The second-order valence-electron chi connectivity index (χ2n) is 3.42. The Kier molecular flexibility index (Phi) is 3.88. The lowest BCUT2D eigenvalue weighted by Crippen LogP contribution is -2.14. The summed E-state index contributed by atoms with van der Waals surface area (Å²) in [6, 6.07) is 3.33. The fourth-order valence-electron chi connectivity index (χ4n) is 1.22. The van der Waals surface area contributed by atoms with Gasteiger partial charge in [-0.2, -0.15) is 0 Å². The molecule has 0 amide bonds. The molecule has 0 bridgehead atoms. The number of hydrogen-bond acceptors (Lipinski definition) is 4. The average Bonchev–Trinajstić information content (AvgIpc) is 2.34. The molecule has 2 aromatic rings. The molecule has 5 nitrogen and oxygen atoms in total. The number of halogens is 3. The van der Waals surface area contributed by atoms with Gasteiger partial charge in [0.15, 0.2) is 0 Å². The SMILES string of the molecule is O=S(=O)(Nc1cc(F)ccc1Cl)c1cnc(Cl)nc1. The predicted octanol–water partition coefficient (Wildman–Crippen LogP) is 2.72. The first-order valence-corrected chi connectivity index (χ1v) is 7.08. The van der Waals surface area contributed by atoms with Gasteiger partial charge in [0.2, 0.25) is 5.28 Å². The molecule has 1 aromatic carbocycles. The van der Waals surface area contributed by atoms with Crippen molar-refractivity contribution in [3.8, 4) is 0 Å². The van der Waals surface area contributed by atoms with Gasteiger partial charge in [-0.25, -0.2) is 22.8 Å². The van der Waals surface area contributed by atoms with E-state index in [9.17, 15) is 12.8 Å². The second-order valence-corrected chi connectivity index (χ2v) is 5.85. The van der Waals surface area contributed by atoms with Crippen molar-refractivity contribution < 1.29 is 12.8 Å². The van der Waals surface area contributed by atoms with Crippen molar-refractivity contribution in [2.24, 2.45) is 0 Å². The monoisotopic (exact) mass is 321 g/mol. The van der Waals surface area contributed by atoms with Gasteiger partial charge in [-0.3, -0.25) is 4.72 Å². The van der Waals surface area contributed by atoms with Crippen LogP contribution < -0.4 is 4.72 Å². The van der Waals surface area contributed by atoms with Gasteiger partial charge in [-0.15, -0.1) is 0 Å². The zero-order chi connectivity index (χ0) is 14.0. The summed E-state index contributed by atoms with van der Waals surface area (Å²) in [5.74, 6) is -0.616. The van der Waals surface area contributed by atoms with Crippen molar-refractivity contribution >= 4 is 38.9 Å². The first-order chi connectivity index (χ1) is 8.88. The molecule has 2 rings (SSSR count). The number of nitrogens with one attached hydrogen (secondary N) is 1. The van der Waals surface area contributed by atoms with Gasteiger partial charge < -0.3 is 0 Å². The third-order valence-corrected chi connectivity index (χ3v) is 3.92. The summed E-state index contributed by atoms with van der Waals surface area (Å²) in [4.78, 5) is 6.90. The Labute approximate surface area is 118 Å². The predicted molar refractivity (Wildman–Crippen MR) is 69.3 cm³/mol. The first kappa shape index (κ1) is 14.0. The van der Waals surface area contributed by atoms with Crippen LogP contribution in [0.5, 0.6) is 0 Å².